The third-order valence-electron chi connectivity index (χ3n) is 4.44. The van der Waals surface area contributed by atoms with Crippen LogP contribution in [0, 0.1) is 36.5 Å². The quantitative estimate of drug-likeness (QED) is 0.198. The second-order valence-electron chi connectivity index (χ2n) is 7.23. The maximum Gasteiger partial charge on any atom is 0.0954 e. The molecule has 4 nitrogen and oxygen atoms in total. The van der Waals surface area contributed by atoms with Gasteiger partial charge in [-0.15, -0.1) is 0 Å². The van der Waals surface area contributed by atoms with Crippen LogP contribution >= 0.6 is 45.7 Å². The lowest BCUT2D eigenvalue weighted by Gasteiger charge is -2.12. The lowest BCUT2D eigenvalue weighted by atomic mass is 9.89. The minimum absolute atomic E-state index is 0.406. The van der Waals surface area contributed by atoms with Crippen LogP contribution in [-0.4, -0.2) is 13.7 Å². The Morgan fingerprint density at radius 3 is 2.00 bits per heavy atom. The maximum absolute atomic E-state index is 9.11. The molecule has 4 rings (SSSR count). The molecular weight excluding hydrogens is 523 g/mol. The normalized spacial score (nSPS) is 10.4. The van der Waals surface area contributed by atoms with E-state index in [9.17, 15) is 0 Å². The number of fused-ring (bicyclic) bond motifs is 2. The van der Waals surface area contributed by atoms with E-state index >= 15 is 0 Å². The predicted octanol–water partition coefficient (Wildman–Crippen LogP) is 7.13. The van der Waals surface area contributed by atoms with Gasteiger partial charge in [-0.3, -0.25) is 0 Å². The molecule has 0 amide bonds. The second kappa shape index (κ2) is 10.8. The minimum atomic E-state index is -0.508. The molecule has 2 aromatic carbocycles. The van der Waals surface area contributed by atoms with E-state index in [1.165, 1.54) is 34.2 Å². The van der Waals surface area contributed by atoms with Gasteiger partial charge in [-0.25, -0.2) is 0 Å². The van der Waals surface area contributed by atoms with Gasteiger partial charge in [0.15, 0.2) is 0 Å². The summed E-state index contributed by atoms with van der Waals surface area (Å²) in [7, 11) is 0. The second-order valence-corrected chi connectivity index (χ2v) is 8.84. The monoisotopic (exact) mass is 546 g/mol. The molecule has 2 aromatic heterocycles. The Bertz CT molecular complexity index is 1230. The molecule has 0 spiro atoms. The lowest BCUT2D eigenvalue weighted by molar-refractivity contribution is 0.676. The van der Waals surface area contributed by atoms with Crippen LogP contribution in [0.5, 0.6) is 0 Å². The summed E-state index contributed by atoms with van der Waals surface area (Å²) in [5.41, 5.74) is 3.72. The van der Waals surface area contributed by atoms with E-state index in [-0.39, 0.29) is 0 Å². The molecule has 2 heterocycles. The Balaban J connectivity index is 0.000000199. The number of rotatable bonds is 2. The van der Waals surface area contributed by atoms with Crippen molar-refractivity contribution in [3.8, 4) is 12.1 Å². The number of nitrogens with zero attached hydrogens (tertiary/aromatic N) is 4. The fourth-order valence-electron chi connectivity index (χ4n) is 2.86. The molecule has 0 saturated heterocycles. The van der Waals surface area contributed by atoms with Crippen LogP contribution in [0.2, 0.25) is 0 Å². The van der Waals surface area contributed by atoms with E-state index in [4.69, 9.17) is 10.5 Å². The third kappa shape index (κ3) is 5.54. The first-order valence-electron chi connectivity index (χ1n) is 9.23. The summed E-state index contributed by atoms with van der Waals surface area (Å²) in [4.78, 5) is 1.97. The fourth-order valence-corrected chi connectivity index (χ4v) is 4.54. The smallest absolute Gasteiger partial charge is 0.0954 e. The van der Waals surface area contributed by atoms with Crippen LogP contribution in [0.25, 0.3) is 20.2 Å². The fraction of sp³-hybridized carbons (Fsp3) is 0.304. The number of alkyl halides is 1. The molecule has 0 fully saturated rings. The van der Waals surface area contributed by atoms with Crippen LogP contribution in [0.3, 0.4) is 0 Å². The van der Waals surface area contributed by atoms with Gasteiger partial charge in [-0.05, 0) is 80.0 Å². The number of hydrogen-bond acceptors (Lipinski definition) is 6. The number of aromatic nitrogens is 2. The van der Waals surface area contributed by atoms with E-state index in [0.29, 0.717) is 6.42 Å². The van der Waals surface area contributed by atoms with Gasteiger partial charge in [-0.2, -0.15) is 19.3 Å². The Morgan fingerprint density at radius 2 is 1.43 bits per heavy atom. The van der Waals surface area contributed by atoms with E-state index in [1.807, 2.05) is 25.7 Å². The highest BCUT2D eigenvalue weighted by Crippen LogP contribution is 2.32. The molecule has 0 atom stereocenters. The molecule has 0 unspecified atom stereocenters. The Labute approximate surface area is 199 Å². The largest absolute Gasteiger partial charge is 0.198 e. The molecule has 0 aliphatic carbocycles. The Morgan fingerprint density at radius 1 is 0.900 bits per heavy atom. The van der Waals surface area contributed by atoms with Crippen LogP contribution in [0.4, 0.5) is 0 Å². The minimum Gasteiger partial charge on any atom is -0.198 e. The van der Waals surface area contributed by atoms with E-state index in [1.54, 1.807) is 0 Å². The molecule has 4 aromatic rings. The van der Waals surface area contributed by atoms with Crippen molar-refractivity contribution < 1.29 is 0 Å². The van der Waals surface area contributed by atoms with E-state index in [0.717, 1.165) is 31.6 Å². The predicted molar refractivity (Wildman–Crippen MR) is 137 cm³/mol. The number of benzene rings is 2. The average molecular weight is 547 g/mol. The highest BCUT2D eigenvalue weighted by atomic mass is 127. The van der Waals surface area contributed by atoms with Gasteiger partial charge in [0.25, 0.3) is 0 Å². The van der Waals surface area contributed by atoms with Gasteiger partial charge in [0, 0.05) is 10.8 Å². The summed E-state index contributed by atoms with van der Waals surface area (Å²) in [6, 6.07) is 16.9. The molecule has 0 aliphatic rings. The van der Waals surface area contributed by atoms with Crippen molar-refractivity contribution in [1.29, 1.82) is 10.5 Å². The van der Waals surface area contributed by atoms with Crippen molar-refractivity contribution in [1.82, 2.24) is 8.75 Å². The van der Waals surface area contributed by atoms with E-state index in [2.05, 4.69) is 86.8 Å². The molecular formula is C23H23IN4S2. The summed E-state index contributed by atoms with van der Waals surface area (Å²) < 4.78 is 11.0. The van der Waals surface area contributed by atoms with Gasteiger partial charge >= 0.3 is 0 Å². The van der Waals surface area contributed by atoms with Gasteiger partial charge < -0.3 is 0 Å². The first-order chi connectivity index (χ1) is 14.4. The molecule has 0 saturated carbocycles. The molecule has 0 radical (unpaired) electrons. The molecule has 154 valence electrons. The topological polar surface area (TPSA) is 73.4 Å². The standard InChI is InChI=1S/C12H12N2S.C10H8N2S.CH3I/c1-8-4-5-10-9(6-8)11(14-15-10)12(2,3)7-13;1-7-2-3-10-8(6-7)9(4-5-11)12-13-10;1-2/h4-6H,1-3H3;2-3,6H,4H2,1H3;1H3. The SMILES string of the molecule is CI.Cc1ccc2snc(C(C)(C)C#N)c2c1.Cc1ccc2snc(CC#N)c2c1. The molecule has 0 bridgehead atoms. The van der Waals surface area contributed by atoms with Crippen molar-refractivity contribution in [3.63, 3.8) is 0 Å². The van der Waals surface area contributed by atoms with Gasteiger partial charge in [-0.1, -0.05) is 45.9 Å². The Hall–Kier alpha value is -2.07. The zero-order valence-electron chi connectivity index (χ0n) is 17.7. The van der Waals surface area contributed by atoms with Crippen molar-refractivity contribution in [3.05, 3.63) is 58.9 Å². The summed E-state index contributed by atoms with van der Waals surface area (Å²) in [6.07, 6.45) is 0.406. The number of aryl methyl sites for hydroxylation is 2. The average Bonchev–Trinajstić information content (AvgIpc) is 3.34. The molecule has 30 heavy (non-hydrogen) atoms. The first-order valence-corrected chi connectivity index (χ1v) is 12.9. The van der Waals surface area contributed by atoms with Crippen molar-refractivity contribution in [2.45, 2.75) is 39.5 Å². The Kier molecular flexibility index (Phi) is 8.72. The summed E-state index contributed by atoms with van der Waals surface area (Å²) in [5, 5.41) is 19.9. The first kappa shape index (κ1) is 24.2. The molecule has 7 heteroatoms. The van der Waals surface area contributed by atoms with Crippen molar-refractivity contribution in [2.75, 3.05) is 4.93 Å². The van der Waals surface area contributed by atoms with Crippen LogP contribution in [-0.2, 0) is 11.8 Å². The molecule has 0 N–H and O–H groups in total. The summed E-state index contributed by atoms with van der Waals surface area (Å²) in [5.74, 6) is 0. The van der Waals surface area contributed by atoms with Crippen molar-refractivity contribution in [2.24, 2.45) is 0 Å². The molecule has 0 aliphatic heterocycles. The maximum atomic E-state index is 9.11. The van der Waals surface area contributed by atoms with Crippen LogP contribution < -0.4 is 0 Å². The number of nitriles is 2. The zero-order valence-corrected chi connectivity index (χ0v) is 21.4. The van der Waals surface area contributed by atoms with Gasteiger partial charge in [0.1, 0.15) is 0 Å². The highest BCUT2D eigenvalue weighted by molar-refractivity contribution is 14.1. The van der Waals surface area contributed by atoms with Gasteiger partial charge in [0.05, 0.1) is 44.8 Å². The highest BCUT2D eigenvalue weighted by Gasteiger charge is 2.25. The lowest BCUT2D eigenvalue weighted by Crippen LogP contribution is -2.14. The summed E-state index contributed by atoms with van der Waals surface area (Å²) in [6.45, 7) is 7.92. The third-order valence-corrected chi connectivity index (χ3v) is 6.13. The zero-order chi connectivity index (χ0) is 22.3. The van der Waals surface area contributed by atoms with Crippen LogP contribution in [0.1, 0.15) is 36.4 Å². The van der Waals surface area contributed by atoms with E-state index < -0.39 is 5.41 Å². The van der Waals surface area contributed by atoms with Gasteiger partial charge in [0.2, 0.25) is 0 Å². The van der Waals surface area contributed by atoms with Crippen LogP contribution in [0.15, 0.2) is 36.4 Å². The number of halogens is 1. The number of hydrogen-bond donors (Lipinski definition) is 0. The van der Waals surface area contributed by atoms with Crippen molar-refractivity contribution >= 4 is 65.8 Å². The summed E-state index contributed by atoms with van der Waals surface area (Å²) >= 11 is 5.08.